The highest BCUT2D eigenvalue weighted by Gasteiger charge is 2.07. The summed E-state index contributed by atoms with van der Waals surface area (Å²) in [6.07, 6.45) is 6.79. The number of rotatable bonds is 4. The van der Waals surface area contributed by atoms with E-state index in [-0.39, 0.29) is 0 Å². The predicted octanol–water partition coefficient (Wildman–Crippen LogP) is 4.40. The molecule has 0 aliphatic rings. The molecular formula is C15H11ClN4OS. The number of nitrogens with zero attached hydrogens (tertiary/aromatic N) is 3. The zero-order valence-corrected chi connectivity index (χ0v) is 12.9. The lowest BCUT2D eigenvalue weighted by Crippen LogP contribution is -1.93. The van der Waals surface area contributed by atoms with E-state index in [0.29, 0.717) is 15.6 Å². The van der Waals surface area contributed by atoms with E-state index in [1.807, 2.05) is 24.3 Å². The van der Waals surface area contributed by atoms with Crippen LogP contribution in [0, 0.1) is 4.77 Å². The van der Waals surface area contributed by atoms with Crippen LogP contribution < -0.4 is 0 Å². The molecule has 0 radical (unpaired) electrons. The Morgan fingerprint density at radius 3 is 2.82 bits per heavy atom. The van der Waals surface area contributed by atoms with Crippen molar-refractivity contribution in [2.24, 2.45) is 5.10 Å². The van der Waals surface area contributed by atoms with Crippen LogP contribution in [-0.2, 0) is 0 Å². The molecule has 0 atom stereocenters. The van der Waals surface area contributed by atoms with Crippen molar-refractivity contribution in [2.75, 3.05) is 0 Å². The summed E-state index contributed by atoms with van der Waals surface area (Å²) in [5.41, 5.74) is 0.865. The molecule has 0 spiro atoms. The first kappa shape index (κ1) is 14.5. The number of nitrogens with one attached hydrogen (secondary N) is 1. The van der Waals surface area contributed by atoms with Crippen molar-refractivity contribution in [3.8, 4) is 11.4 Å². The van der Waals surface area contributed by atoms with Crippen LogP contribution >= 0.6 is 23.8 Å². The first-order valence-corrected chi connectivity index (χ1v) is 7.20. The van der Waals surface area contributed by atoms with Gasteiger partial charge in [0.2, 0.25) is 4.77 Å². The summed E-state index contributed by atoms with van der Waals surface area (Å²) in [4.78, 5) is 0. The Morgan fingerprint density at radius 1 is 1.27 bits per heavy atom. The number of hydrogen-bond donors (Lipinski definition) is 1. The first-order chi connectivity index (χ1) is 10.7. The highest BCUT2D eigenvalue weighted by Crippen LogP contribution is 2.19. The monoisotopic (exact) mass is 330 g/mol. The summed E-state index contributed by atoms with van der Waals surface area (Å²) >= 11 is 11.1. The quantitative estimate of drug-likeness (QED) is 0.569. The van der Waals surface area contributed by atoms with Crippen LogP contribution in [0.25, 0.3) is 17.5 Å². The average molecular weight is 331 g/mol. The molecule has 22 heavy (non-hydrogen) atoms. The molecule has 0 unspecified atom stereocenters. The molecule has 0 aliphatic carbocycles. The molecule has 2 heterocycles. The van der Waals surface area contributed by atoms with Gasteiger partial charge in [-0.05, 0) is 60.8 Å². The molecule has 0 aliphatic heterocycles. The van der Waals surface area contributed by atoms with Crippen molar-refractivity contribution in [1.29, 1.82) is 0 Å². The minimum Gasteiger partial charge on any atom is -0.465 e. The highest BCUT2D eigenvalue weighted by atomic mass is 35.5. The normalized spacial score (nSPS) is 11.7. The second-order valence-electron chi connectivity index (χ2n) is 4.31. The van der Waals surface area contributed by atoms with Gasteiger partial charge in [0.1, 0.15) is 5.76 Å². The van der Waals surface area contributed by atoms with Gasteiger partial charge in [-0.2, -0.15) is 14.9 Å². The number of hydrogen-bond acceptors (Lipinski definition) is 4. The van der Waals surface area contributed by atoms with Gasteiger partial charge in [-0.15, -0.1) is 0 Å². The van der Waals surface area contributed by atoms with Gasteiger partial charge in [0.25, 0.3) is 0 Å². The van der Waals surface area contributed by atoms with Gasteiger partial charge >= 0.3 is 0 Å². The van der Waals surface area contributed by atoms with Crippen molar-refractivity contribution in [3.63, 3.8) is 0 Å². The molecule has 110 valence electrons. The van der Waals surface area contributed by atoms with E-state index in [9.17, 15) is 0 Å². The molecular weight excluding hydrogens is 320 g/mol. The Hall–Kier alpha value is -2.44. The van der Waals surface area contributed by atoms with Crippen LogP contribution in [0.3, 0.4) is 0 Å². The highest BCUT2D eigenvalue weighted by molar-refractivity contribution is 7.71. The van der Waals surface area contributed by atoms with Crippen LogP contribution in [0.2, 0.25) is 5.02 Å². The van der Waals surface area contributed by atoms with Gasteiger partial charge in [0.05, 0.1) is 6.26 Å². The Bertz CT molecular complexity index is 860. The van der Waals surface area contributed by atoms with E-state index in [2.05, 4.69) is 15.3 Å². The van der Waals surface area contributed by atoms with Crippen LogP contribution in [0.4, 0.5) is 0 Å². The van der Waals surface area contributed by atoms with E-state index in [1.165, 1.54) is 0 Å². The van der Waals surface area contributed by atoms with Crippen LogP contribution in [0.5, 0.6) is 0 Å². The minimum absolute atomic E-state index is 0.410. The fourth-order valence-corrected chi connectivity index (χ4v) is 2.12. The van der Waals surface area contributed by atoms with E-state index in [1.54, 1.807) is 41.4 Å². The molecule has 0 amide bonds. The fraction of sp³-hybridized carbons (Fsp3) is 0. The van der Waals surface area contributed by atoms with Crippen molar-refractivity contribution in [2.45, 2.75) is 0 Å². The lowest BCUT2D eigenvalue weighted by molar-refractivity contribution is 0.557. The van der Waals surface area contributed by atoms with Gasteiger partial charge in [-0.25, -0.2) is 5.10 Å². The summed E-state index contributed by atoms with van der Waals surface area (Å²) < 4.78 is 7.15. The van der Waals surface area contributed by atoms with Crippen LogP contribution in [0.1, 0.15) is 5.76 Å². The molecule has 1 N–H and O–H groups in total. The van der Waals surface area contributed by atoms with E-state index in [0.717, 1.165) is 11.3 Å². The predicted molar refractivity (Wildman–Crippen MR) is 89.5 cm³/mol. The van der Waals surface area contributed by atoms with E-state index >= 15 is 0 Å². The van der Waals surface area contributed by atoms with Gasteiger partial charge in [-0.1, -0.05) is 11.6 Å². The van der Waals surface area contributed by atoms with Crippen molar-refractivity contribution in [1.82, 2.24) is 14.9 Å². The SMILES string of the molecule is S=c1[nH]nc(-c2ccc(Cl)cc2)n1N=C/C=C/c1ccco1. The molecule has 0 bridgehead atoms. The third-order valence-corrected chi connectivity index (χ3v) is 3.34. The van der Waals surface area contributed by atoms with Gasteiger partial charge in [0, 0.05) is 16.8 Å². The summed E-state index contributed by atoms with van der Waals surface area (Å²) in [7, 11) is 0. The van der Waals surface area contributed by atoms with Gasteiger partial charge in [-0.3, -0.25) is 0 Å². The summed E-state index contributed by atoms with van der Waals surface area (Å²) in [5.74, 6) is 1.37. The lowest BCUT2D eigenvalue weighted by atomic mass is 10.2. The number of allylic oxidation sites excluding steroid dienone is 1. The topological polar surface area (TPSA) is 59.1 Å². The maximum Gasteiger partial charge on any atom is 0.216 e. The molecule has 0 fully saturated rings. The van der Waals surface area contributed by atoms with Crippen molar-refractivity contribution in [3.05, 3.63) is 64.3 Å². The minimum atomic E-state index is 0.410. The summed E-state index contributed by atoms with van der Waals surface area (Å²) in [6, 6.07) is 11.0. The zero-order valence-electron chi connectivity index (χ0n) is 11.3. The molecule has 3 rings (SSSR count). The number of H-pyrrole nitrogens is 1. The van der Waals surface area contributed by atoms with Crippen LogP contribution in [-0.4, -0.2) is 21.1 Å². The summed E-state index contributed by atoms with van der Waals surface area (Å²) in [6.45, 7) is 0. The molecule has 0 saturated carbocycles. The fourth-order valence-electron chi connectivity index (χ4n) is 1.81. The smallest absolute Gasteiger partial charge is 0.216 e. The Kier molecular flexibility index (Phi) is 4.32. The summed E-state index contributed by atoms with van der Waals surface area (Å²) in [5, 5.41) is 11.9. The molecule has 2 aromatic heterocycles. The second-order valence-corrected chi connectivity index (χ2v) is 5.13. The standard InChI is InChI=1S/C15H11ClN4OS/c16-12-7-5-11(6-8-12)14-18-19-15(22)20(14)17-9-1-3-13-4-2-10-21-13/h1-10H,(H,19,22)/b3-1+,17-9?. The van der Waals surface area contributed by atoms with E-state index < -0.39 is 0 Å². The number of furan rings is 1. The second kappa shape index (κ2) is 6.55. The molecule has 7 heteroatoms. The molecule has 1 aromatic carbocycles. The molecule has 5 nitrogen and oxygen atoms in total. The first-order valence-electron chi connectivity index (χ1n) is 6.42. The Morgan fingerprint density at radius 2 is 2.09 bits per heavy atom. The zero-order chi connectivity index (χ0) is 15.4. The Balaban J connectivity index is 1.86. The molecule has 3 aromatic rings. The third kappa shape index (κ3) is 3.24. The van der Waals surface area contributed by atoms with Crippen molar-refractivity contribution >= 4 is 36.1 Å². The molecule has 0 saturated heterocycles. The number of benzene rings is 1. The van der Waals surface area contributed by atoms with Gasteiger partial charge < -0.3 is 4.42 Å². The number of aromatic nitrogens is 3. The van der Waals surface area contributed by atoms with E-state index in [4.69, 9.17) is 28.2 Å². The van der Waals surface area contributed by atoms with Gasteiger partial charge in [0.15, 0.2) is 5.82 Å². The van der Waals surface area contributed by atoms with Crippen molar-refractivity contribution < 1.29 is 4.42 Å². The maximum absolute atomic E-state index is 5.89. The Labute approximate surface area is 136 Å². The van der Waals surface area contributed by atoms with Crippen LogP contribution in [0.15, 0.2) is 58.3 Å². The largest absolute Gasteiger partial charge is 0.465 e. The maximum atomic E-state index is 5.89. The average Bonchev–Trinajstić information content (AvgIpc) is 3.15. The lowest BCUT2D eigenvalue weighted by Gasteiger charge is -2.00. The number of halogens is 1. The third-order valence-electron chi connectivity index (χ3n) is 2.82. The number of aromatic amines is 1.